The third-order valence-corrected chi connectivity index (χ3v) is 5.82. The monoisotopic (exact) mass is 463 g/mol. The topological polar surface area (TPSA) is 115 Å². The molecule has 10 heteroatoms. The zero-order valence-corrected chi connectivity index (χ0v) is 19.0. The Morgan fingerprint density at radius 1 is 1.12 bits per heavy atom. The molecule has 3 aromatic heterocycles. The van der Waals surface area contributed by atoms with E-state index in [1.165, 1.54) is 25.3 Å². The van der Waals surface area contributed by atoms with E-state index in [1.807, 2.05) is 47.8 Å². The third kappa shape index (κ3) is 4.46. The number of nitrogens with one attached hydrogen (secondary N) is 2. The number of aryl methyl sites for hydroxylation is 1. The molecule has 0 spiro atoms. The maximum atomic E-state index is 13.2. The van der Waals surface area contributed by atoms with Crippen molar-refractivity contribution in [1.82, 2.24) is 25.4 Å². The molecule has 168 valence electrons. The van der Waals surface area contributed by atoms with Gasteiger partial charge in [0.25, 0.3) is 5.91 Å². The first-order chi connectivity index (χ1) is 15.9. The van der Waals surface area contributed by atoms with Crippen LogP contribution in [0.5, 0.6) is 0 Å². The van der Waals surface area contributed by atoms with E-state index < -0.39 is 24.0 Å². The van der Waals surface area contributed by atoms with Crippen molar-refractivity contribution in [3.05, 3.63) is 65.2 Å². The fraction of sp³-hybridized carbons (Fsp3) is 0.174. The highest BCUT2D eigenvalue weighted by Gasteiger charge is 2.25. The molecule has 1 unspecified atom stereocenters. The molecule has 0 fully saturated rings. The molecular formula is C23H21N5O4S. The Balaban J connectivity index is 1.80. The molecule has 0 aliphatic heterocycles. The molecule has 0 bridgehead atoms. The van der Waals surface area contributed by atoms with Crippen LogP contribution in [0.25, 0.3) is 27.3 Å². The maximum absolute atomic E-state index is 13.2. The molecule has 0 radical (unpaired) electrons. The first kappa shape index (κ1) is 22.2. The standard InChI is InChI=1S/C23H21N5O4S/c1-13-19-16(22(30)32-14(2)21(29)26-23(31)24-3)12-17(18-10-7-11-33-18)25-20(19)28(27-13)15-8-5-4-6-9-15/h4-12,14H,1-3H3,(H2,24,26,29,31). The third-order valence-electron chi connectivity index (χ3n) is 4.92. The van der Waals surface area contributed by atoms with Crippen LogP contribution in [-0.4, -0.2) is 45.8 Å². The number of amides is 3. The summed E-state index contributed by atoms with van der Waals surface area (Å²) in [6, 6.07) is 14.2. The van der Waals surface area contributed by atoms with Gasteiger partial charge >= 0.3 is 12.0 Å². The van der Waals surface area contributed by atoms with E-state index in [9.17, 15) is 14.4 Å². The van der Waals surface area contributed by atoms with Crippen molar-refractivity contribution < 1.29 is 19.1 Å². The predicted molar refractivity (Wildman–Crippen MR) is 124 cm³/mol. The van der Waals surface area contributed by atoms with Gasteiger partial charge in [0.15, 0.2) is 11.8 Å². The van der Waals surface area contributed by atoms with Gasteiger partial charge in [-0.05, 0) is 43.5 Å². The van der Waals surface area contributed by atoms with E-state index in [0.717, 1.165) is 10.6 Å². The Morgan fingerprint density at radius 2 is 1.88 bits per heavy atom. The van der Waals surface area contributed by atoms with Crippen molar-refractivity contribution in [2.24, 2.45) is 0 Å². The molecular weight excluding hydrogens is 442 g/mol. The van der Waals surface area contributed by atoms with Crippen LogP contribution < -0.4 is 10.6 Å². The van der Waals surface area contributed by atoms with Gasteiger partial charge in [-0.1, -0.05) is 24.3 Å². The molecule has 0 saturated heterocycles. The largest absolute Gasteiger partial charge is 0.449 e. The smallest absolute Gasteiger partial charge is 0.339 e. The van der Waals surface area contributed by atoms with Gasteiger partial charge in [-0.15, -0.1) is 11.3 Å². The van der Waals surface area contributed by atoms with Gasteiger partial charge < -0.3 is 10.1 Å². The lowest BCUT2D eigenvalue weighted by Gasteiger charge is -2.14. The summed E-state index contributed by atoms with van der Waals surface area (Å²) in [5.74, 6) is -1.45. The molecule has 0 saturated carbocycles. The molecule has 3 heterocycles. The van der Waals surface area contributed by atoms with E-state index in [0.29, 0.717) is 22.4 Å². The van der Waals surface area contributed by atoms with Crippen molar-refractivity contribution in [3.63, 3.8) is 0 Å². The number of urea groups is 1. The number of aromatic nitrogens is 3. The number of fused-ring (bicyclic) bond motifs is 1. The number of hydrogen-bond acceptors (Lipinski definition) is 7. The van der Waals surface area contributed by atoms with Gasteiger partial charge in [0.1, 0.15) is 0 Å². The molecule has 0 aliphatic carbocycles. The number of thiophene rings is 1. The number of carbonyl (C=O) groups is 3. The zero-order valence-electron chi connectivity index (χ0n) is 18.2. The summed E-state index contributed by atoms with van der Waals surface area (Å²) in [7, 11) is 1.38. The van der Waals surface area contributed by atoms with Crippen molar-refractivity contribution in [1.29, 1.82) is 0 Å². The van der Waals surface area contributed by atoms with E-state index in [4.69, 9.17) is 9.72 Å². The quantitative estimate of drug-likeness (QED) is 0.438. The van der Waals surface area contributed by atoms with Crippen LogP contribution >= 0.6 is 11.3 Å². The number of imide groups is 1. The minimum absolute atomic E-state index is 0.239. The van der Waals surface area contributed by atoms with Gasteiger partial charge in [0.2, 0.25) is 0 Å². The summed E-state index contributed by atoms with van der Waals surface area (Å²) in [4.78, 5) is 42.4. The van der Waals surface area contributed by atoms with Gasteiger partial charge in [-0.3, -0.25) is 10.1 Å². The lowest BCUT2D eigenvalue weighted by atomic mass is 10.1. The van der Waals surface area contributed by atoms with E-state index in [1.54, 1.807) is 17.7 Å². The van der Waals surface area contributed by atoms with Gasteiger partial charge in [0.05, 0.1) is 32.9 Å². The minimum Gasteiger partial charge on any atom is -0.449 e. The highest BCUT2D eigenvalue weighted by molar-refractivity contribution is 7.13. The van der Waals surface area contributed by atoms with Crippen LogP contribution in [-0.2, 0) is 9.53 Å². The normalized spacial score (nSPS) is 11.7. The van der Waals surface area contributed by atoms with E-state index >= 15 is 0 Å². The number of ether oxygens (including phenoxy) is 1. The number of para-hydroxylation sites is 1. The number of benzene rings is 1. The summed E-state index contributed by atoms with van der Waals surface area (Å²) in [5.41, 5.74) is 2.71. The summed E-state index contributed by atoms with van der Waals surface area (Å²) >= 11 is 1.49. The lowest BCUT2D eigenvalue weighted by molar-refractivity contribution is -0.127. The molecule has 1 atom stereocenters. The summed E-state index contributed by atoms with van der Waals surface area (Å²) < 4.78 is 7.08. The van der Waals surface area contributed by atoms with Gasteiger partial charge in [-0.2, -0.15) is 5.10 Å². The van der Waals surface area contributed by atoms with Crippen LogP contribution in [0.3, 0.4) is 0 Å². The summed E-state index contributed by atoms with van der Waals surface area (Å²) in [5, 5.41) is 11.4. The minimum atomic E-state index is -1.19. The summed E-state index contributed by atoms with van der Waals surface area (Å²) in [6.45, 7) is 3.18. The molecule has 4 aromatic rings. The van der Waals surface area contributed by atoms with Gasteiger partial charge in [0, 0.05) is 7.05 Å². The number of hydrogen-bond donors (Lipinski definition) is 2. The number of nitrogens with zero attached hydrogens (tertiary/aromatic N) is 3. The SMILES string of the molecule is CNC(=O)NC(=O)C(C)OC(=O)c1cc(-c2cccs2)nc2c1c(C)nn2-c1ccccc1. The molecule has 2 N–H and O–H groups in total. The van der Waals surface area contributed by atoms with Crippen LogP contribution in [0.1, 0.15) is 23.0 Å². The van der Waals surface area contributed by atoms with Crippen molar-refractivity contribution in [2.45, 2.75) is 20.0 Å². The molecule has 0 aliphatic rings. The van der Waals surface area contributed by atoms with Crippen LogP contribution in [0.15, 0.2) is 53.9 Å². The Hall–Kier alpha value is -4.05. The van der Waals surface area contributed by atoms with Crippen LogP contribution in [0.4, 0.5) is 4.79 Å². The molecule has 4 rings (SSSR count). The Kier molecular flexibility index (Phi) is 6.18. The lowest BCUT2D eigenvalue weighted by Crippen LogP contribution is -2.43. The fourth-order valence-electron chi connectivity index (χ4n) is 3.30. The van der Waals surface area contributed by atoms with Crippen molar-refractivity contribution in [2.75, 3.05) is 7.05 Å². The average molecular weight is 464 g/mol. The first-order valence-corrected chi connectivity index (χ1v) is 11.0. The van der Waals surface area contributed by atoms with E-state index in [-0.39, 0.29) is 5.56 Å². The number of rotatable bonds is 5. The first-order valence-electron chi connectivity index (χ1n) is 10.1. The Labute approximate surface area is 193 Å². The molecule has 9 nitrogen and oxygen atoms in total. The second-order valence-corrected chi connectivity index (χ2v) is 8.13. The fourth-order valence-corrected chi connectivity index (χ4v) is 3.99. The molecule has 33 heavy (non-hydrogen) atoms. The second kappa shape index (κ2) is 9.21. The Bertz CT molecular complexity index is 1330. The number of esters is 1. The van der Waals surface area contributed by atoms with Crippen LogP contribution in [0, 0.1) is 6.92 Å². The second-order valence-electron chi connectivity index (χ2n) is 7.18. The molecule has 1 aromatic carbocycles. The van der Waals surface area contributed by atoms with E-state index in [2.05, 4.69) is 15.7 Å². The highest BCUT2D eigenvalue weighted by atomic mass is 32.1. The van der Waals surface area contributed by atoms with Crippen molar-refractivity contribution >= 4 is 40.3 Å². The number of pyridine rings is 1. The van der Waals surface area contributed by atoms with Gasteiger partial charge in [-0.25, -0.2) is 19.3 Å². The zero-order chi connectivity index (χ0) is 23.5. The summed E-state index contributed by atoms with van der Waals surface area (Å²) in [6.07, 6.45) is -1.19. The maximum Gasteiger partial charge on any atom is 0.339 e. The predicted octanol–water partition coefficient (Wildman–Crippen LogP) is 3.46. The average Bonchev–Trinajstić information content (AvgIpc) is 3.47. The van der Waals surface area contributed by atoms with Crippen molar-refractivity contribution in [3.8, 4) is 16.3 Å². The van der Waals surface area contributed by atoms with Crippen LogP contribution in [0.2, 0.25) is 0 Å². The Morgan fingerprint density at radius 3 is 2.55 bits per heavy atom. The highest BCUT2D eigenvalue weighted by Crippen LogP contribution is 2.31. The number of carbonyl (C=O) groups excluding carboxylic acids is 3. The molecule has 3 amide bonds.